The number of likely N-dealkylation sites (tertiary alicyclic amines) is 1. The monoisotopic (exact) mass is 285 g/mol. The van der Waals surface area contributed by atoms with Gasteiger partial charge in [-0.2, -0.15) is 0 Å². The molecule has 2 aliphatic rings. The van der Waals surface area contributed by atoms with E-state index in [9.17, 15) is 9.59 Å². The minimum atomic E-state index is -0.140. The maximum absolute atomic E-state index is 11.8. The highest BCUT2D eigenvalue weighted by atomic mass is 16.2. The molecule has 1 saturated carbocycles. The molecule has 0 N–H and O–H groups in total. The quantitative estimate of drug-likeness (QED) is 0.825. The highest BCUT2D eigenvalue weighted by molar-refractivity contribution is 5.96. The highest BCUT2D eigenvalue weighted by Crippen LogP contribution is 2.36. The van der Waals surface area contributed by atoms with Gasteiger partial charge in [-0.05, 0) is 36.3 Å². The van der Waals surface area contributed by atoms with E-state index in [1.165, 1.54) is 49.5 Å². The lowest BCUT2D eigenvalue weighted by molar-refractivity contribution is -0.142. The van der Waals surface area contributed by atoms with Crippen LogP contribution in [0.1, 0.15) is 75.0 Å². The van der Waals surface area contributed by atoms with Gasteiger partial charge in [0.05, 0.1) is 6.04 Å². The van der Waals surface area contributed by atoms with Crippen molar-refractivity contribution in [2.45, 2.75) is 63.8 Å². The van der Waals surface area contributed by atoms with Crippen molar-refractivity contribution < 1.29 is 9.59 Å². The van der Waals surface area contributed by atoms with Crippen LogP contribution in [0.3, 0.4) is 0 Å². The Kier molecular flexibility index (Phi) is 4.09. The molecule has 1 aromatic carbocycles. The van der Waals surface area contributed by atoms with E-state index in [1.54, 1.807) is 0 Å². The molecular weight excluding hydrogens is 262 g/mol. The number of benzene rings is 1. The van der Waals surface area contributed by atoms with Crippen LogP contribution in [0.25, 0.3) is 0 Å². The molecule has 0 aromatic heterocycles. The number of amides is 2. The molecule has 1 aliphatic carbocycles. The fraction of sp³-hybridized carbons (Fsp3) is 0.556. The molecule has 1 unspecified atom stereocenters. The summed E-state index contributed by atoms with van der Waals surface area (Å²) in [6, 6.07) is 8.57. The highest BCUT2D eigenvalue weighted by Gasteiger charge is 2.34. The summed E-state index contributed by atoms with van der Waals surface area (Å²) in [5.74, 6) is 0.518. The number of carbonyl (C=O) groups excluding carboxylic acids is 2. The number of rotatable bonds is 2. The molecule has 0 radical (unpaired) electrons. The first-order chi connectivity index (χ1) is 10.2. The van der Waals surface area contributed by atoms with E-state index in [0.717, 1.165) is 12.0 Å². The Morgan fingerprint density at radius 1 is 1.00 bits per heavy atom. The maximum Gasteiger partial charge on any atom is 0.229 e. The third kappa shape index (κ3) is 2.87. The second kappa shape index (κ2) is 6.00. The molecule has 0 spiro atoms. The first-order valence-electron chi connectivity index (χ1n) is 8.09. The van der Waals surface area contributed by atoms with Gasteiger partial charge >= 0.3 is 0 Å². The summed E-state index contributed by atoms with van der Waals surface area (Å²) in [4.78, 5) is 24.9. The third-order valence-electron chi connectivity index (χ3n) is 4.95. The molecule has 1 aromatic rings. The van der Waals surface area contributed by atoms with Gasteiger partial charge in [0.2, 0.25) is 11.8 Å². The van der Waals surface area contributed by atoms with Crippen LogP contribution in [-0.2, 0) is 9.59 Å². The molecule has 21 heavy (non-hydrogen) atoms. The van der Waals surface area contributed by atoms with Crippen molar-refractivity contribution in [3.05, 3.63) is 35.4 Å². The van der Waals surface area contributed by atoms with Gasteiger partial charge in [-0.3, -0.25) is 14.5 Å². The van der Waals surface area contributed by atoms with E-state index in [-0.39, 0.29) is 17.9 Å². The number of imide groups is 1. The van der Waals surface area contributed by atoms with Gasteiger partial charge in [0.1, 0.15) is 0 Å². The molecule has 3 rings (SSSR count). The summed E-state index contributed by atoms with van der Waals surface area (Å²) in [5, 5.41) is 0. The molecule has 1 atom stereocenters. The summed E-state index contributed by atoms with van der Waals surface area (Å²) in [7, 11) is 0. The zero-order chi connectivity index (χ0) is 14.8. The van der Waals surface area contributed by atoms with E-state index in [2.05, 4.69) is 24.3 Å². The van der Waals surface area contributed by atoms with Gasteiger partial charge < -0.3 is 0 Å². The standard InChI is InChI=1S/C18H23NO2/c1-13(20)19-17(11-12-18(19)21)16-9-7-15(8-10-16)14-5-3-2-4-6-14/h7-10,14,17H,2-6,11-12H2,1H3. The van der Waals surface area contributed by atoms with Gasteiger partial charge in [0.25, 0.3) is 0 Å². The number of carbonyl (C=O) groups is 2. The fourth-order valence-electron chi connectivity index (χ4n) is 3.82. The average Bonchev–Trinajstić information content (AvgIpc) is 2.90. The third-order valence-corrected chi connectivity index (χ3v) is 4.95. The first-order valence-corrected chi connectivity index (χ1v) is 8.09. The van der Waals surface area contributed by atoms with Crippen LogP contribution < -0.4 is 0 Å². The van der Waals surface area contributed by atoms with Crippen LogP contribution >= 0.6 is 0 Å². The zero-order valence-corrected chi connectivity index (χ0v) is 12.7. The van der Waals surface area contributed by atoms with Crippen LogP contribution in [-0.4, -0.2) is 16.7 Å². The number of hydrogen-bond donors (Lipinski definition) is 0. The van der Waals surface area contributed by atoms with Gasteiger partial charge in [-0.25, -0.2) is 0 Å². The molecule has 3 nitrogen and oxygen atoms in total. The lowest BCUT2D eigenvalue weighted by atomic mass is 9.83. The smallest absolute Gasteiger partial charge is 0.229 e. The molecule has 2 fully saturated rings. The van der Waals surface area contributed by atoms with Crippen molar-refractivity contribution in [3.8, 4) is 0 Å². The minimum absolute atomic E-state index is 0.0381. The molecule has 1 saturated heterocycles. The van der Waals surface area contributed by atoms with Crippen LogP contribution in [0.15, 0.2) is 24.3 Å². The van der Waals surface area contributed by atoms with E-state index < -0.39 is 0 Å². The van der Waals surface area contributed by atoms with Gasteiger partial charge in [0, 0.05) is 13.3 Å². The van der Waals surface area contributed by atoms with Crippen molar-refractivity contribution in [2.75, 3.05) is 0 Å². The van der Waals surface area contributed by atoms with Crippen LogP contribution in [0.5, 0.6) is 0 Å². The largest absolute Gasteiger partial charge is 0.275 e. The Bertz CT molecular complexity index is 529. The van der Waals surface area contributed by atoms with Crippen LogP contribution in [0.2, 0.25) is 0 Å². The topological polar surface area (TPSA) is 37.4 Å². The van der Waals surface area contributed by atoms with E-state index in [1.807, 2.05) is 0 Å². The maximum atomic E-state index is 11.8. The second-order valence-electron chi connectivity index (χ2n) is 6.34. The van der Waals surface area contributed by atoms with Crippen molar-refractivity contribution in [1.29, 1.82) is 0 Å². The van der Waals surface area contributed by atoms with Crippen molar-refractivity contribution in [3.63, 3.8) is 0 Å². The molecule has 1 heterocycles. The normalized spacial score (nSPS) is 23.6. The average molecular weight is 285 g/mol. The molecule has 1 aliphatic heterocycles. The van der Waals surface area contributed by atoms with Crippen molar-refractivity contribution in [1.82, 2.24) is 4.90 Å². The molecule has 112 valence electrons. The molecule has 2 amide bonds. The van der Waals surface area contributed by atoms with E-state index in [0.29, 0.717) is 12.3 Å². The summed E-state index contributed by atoms with van der Waals surface area (Å²) in [6.45, 7) is 1.48. The predicted octanol–water partition coefficient (Wildman–Crippen LogP) is 3.94. The zero-order valence-electron chi connectivity index (χ0n) is 12.7. The first kappa shape index (κ1) is 14.3. The Balaban J connectivity index is 1.77. The lowest BCUT2D eigenvalue weighted by Crippen LogP contribution is -2.32. The number of nitrogens with zero attached hydrogens (tertiary/aromatic N) is 1. The molecule has 0 bridgehead atoms. The Hall–Kier alpha value is -1.64. The second-order valence-corrected chi connectivity index (χ2v) is 6.34. The van der Waals surface area contributed by atoms with Gasteiger partial charge in [-0.1, -0.05) is 43.5 Å². The summed E-state index contributed by atoms with van der Waals surface area (Å²) < 4.78 is 0. The SMILES string of the molecule is CC(=O)N1C(=O)CCC1c1ccc(C2CCCCC2)cc1. The lowest BCUT2D eigenvalue weighted by Gasteiger charge is -2.24. The van der Waals surface area contributed by atoms with Crippen LogP contribution in [0.4, 0.5) is 0 Å². The van der Waals surface area contributed by atoms with Crippen molar-refractivity contribution in [2.24, 2.45) is 0 Å². The summed E-state index contributed by atoms with van der Waals surface area (Å²) >= 11 is 0. The van der Waals surface area contributed by atoms with E-state index >= 15 is 0 Å². The fourth-order valence-corrected chi connectivity index (χ4v) is 3.82. The minimum Gasteiger partial charge on any atom is -0.275 e. The Labute approximate surface area is 126 Å². The number of hydrogen-bond acceptors (Lipinski definition) is 2. The van der Waals surface area contributed by atoms with Gasteiger partial charge in [0.15, 0.2) is 0 Å². The summed E-state index contributed by atoms with van der Waals surface area (Å²) in [6.07, 6.45) is 7.85. The summed E-state index contributed by atoms with van der Waals surface area (Å²) in [5.41, 5.74) is 2.51. The molecular formula is C18H23NO2. The van der Waals surface area contributed by atoms with Gasteiger partial charge in [-0.15, -0.1) is 0 Å². The molecule has 3 heteroatoms. The Morgan fingerprint density at radius 2 is 1.62 bits per heavy atom. The van der Waals surface area contributed by atoms with Crippen molar-refractivity contribution >= 4 is 11.8 Å². The Morgan fingerprint density at radius 3 is 2.24 bits per heavy atom. The predicted molar refractivity (Wildman–Crippen MR) is 81.8 cm³/mol. The van der Waals surface area contributed by atoms with E-state index in [4.69, 9.17) is 0 Å². The van der Waals surface area contributed by atoms with Crippen LogP contribution in [0, 0.1) is 0 Å².